The minimum absolute atomic E-state index is 0.240. The Morgan fingerprint density at radius 3 is 2.79 bits per heavy atom. The highest BCUT2D eigenvalue weighted by molar-refractivity contribution is 14.1. The lowest BCUT2D eigenvalue weighted by Gasteiger charge is -2.28. The summed E-state index contributed by atoms with van der Waals surface area (Å²) >= 11 is 6.00. The van der Waals surface area contributed by atoms with E-state index in [0.29, 0.717) is 6.61 Å². The SMILES string of the molecule is CCOCC1CN=C(c2ccccc2I)c2cc(Br)ccc2N1C. The van der Waals surface area contributed by atoms with Crippen molar-refractivity contribution < 1.29 is 4.74 Å². The van der Waals surface area contributed by atoms with Gasteiger partial charge in [-0.1, -0.05) is 34.1 Å². The molecule has 0 N–H and O–H groups in total. The van der Waals surface area contributed by atoms with Gasteiger partial charge in [-0.15, -0.1) is 0 Å². The number of hydrogen-bond acceptors (Lipinski definition) is 3. The van der Waals surface area contributed by atoms with E-state index < -0.39 is 0 Å². The van der Waals surface area contributed by atoms with Gasteiger partial charge in [0.25, 0.3) is 0 Å². The van der Waals surface area contributed by atoms with Crippen LogP contribution < -0.4 is 4.90 Å². The largest absolute Gasteiger partial charge is 0.380 e. The van der Waals surface area contributed by atoms with Crippen LogP contribution in [0.5, 0.6) is 0 Å². The number of aliphatic imine (C=N–C) groups is 1. The number of likely N-dealkylation sites (N-methyl/N-ethyl adjacent to an activating group) is 1. The highest BCUT2D eigenvalue weighted by Gasteiger charge is 2.25. The molecule has 0 spiro atoms. The summed E-state index contributed by atoms with van der Waals surface area (Å²) < 4.78 is 7.96. The summed E-state index contributed by atoms with van der Waals surface area (Å²) in [6, 6.07) is 15.1. The summed E-state index contributed by atoms with van der Waals surface area (Å²) in [4.78, 5) is 7.29. The lowest BCUT2D eigenvalue weighted by atomic mass is 10.0. The van der Waals surface area contributed by atoms with E-state index in [0.717, 1.165) is 28.9 Å². The lowest BCUT2D eigenvalue weighted by molar-refractivity contribution is 0.134. The predicted octanol–water partition coefficient (Wildman–Crippen LogP) is 4.75. The van der Waals surface area contributed by atoms with Crippen LogP contribution in [0.25, 0.3) is 0 Å². The molecule has 0 saturated heterocycles. The van der Waals surface area contributed by atoms with Crippen LogP contribution in [-0.4, -0.2) is 38.6 Å². The maximum atomic E-state index is 5.68. The number of benzodiazepines with no additional fused rings is 1. The van der Waals surface area contributed by atoms with Crippen LogP contribution in [0.3, 0.4) is 0 Å². The standard InChI is InChI=1S/C19H20BrIN2O/c1-3-24-12-14-11-22-19(15-6-4-5-7-17(15)21)16-10-13(20)8-9-18(16)23(14)2/h4-10,14H,3,11-12H2,1-2H3. The summed E-state index contributed by atoms with van der Waals surface area (Å²) in [5, 5.41) is 0. The summed E-state index contributed by atoms with van der Waals surface area (Å²) in [6.45, 7) is 4.17. The number of rotatable bonds is 4. The highest BCUT2D eigenvalue weighted by atomic mass is 127. The average molecular weight is 499 g/mol. The Kier molecular flexibility index (Phi) is 5.94. The normalized spacial score (nSPS) is 17.2. The van der Waals surface area contributed by atoms with Gasteiger partial charge in [0.2, 0.25) is 0 Å². The molecule has 3 rings (SSSR count). The first-order valence-corrected chi connectivity index (χ1v) is 9.88. The van der Waals surface area contributed by atoms with Crippen molar-refractivity contribution in [3.63, 3.8) is 0 Å². The zero-order valence-corrected chi connectivity index (χ0v) is 17.5. The van der Waals surface area contributed by atoms with Crippen molar-refractivity contribution in [3.05, 3.63) is 61.6 Å². The molecule has 3 nitrogen and oxygen atoms in total. The monoisotopic (exact) mass is 498 g/mol. The van der Waals surface area contributed by atoms with Crippen LogP contribution >= 0.6 is 38.5 Å². The summed E-state index contributed by atoms with van der Waals surface area (Å²) in [5.74, 6) is 0. The summed E-state index contributed by atoms with van der Waals surface area (Å²) in [7, 11) is 2.13. The molecule has 1 aliphatic heterocycles. The third kappa shape index (κ3) is 3.68. The Bertz CT molecular complexity index is 763. The Balaban J connectivity index is 2.12. The molecule has 0 amide bonds. The maximum Gasteiger partial charge on any atom is 0.0751 e. The summed E-state index contributed by atoms with van der Waals surface area (Å²) in [5.41, 5.74) is 4.60. The fraction of sp³-hybridized carbons (Fsp3) is 0.316. The van der Waals surface area contributed by atoms with Crippen LogP contribution in [0.4, 0.5) is 5.69 Å². The minimum atomic E-state index is 0.240. The Labute approximate surface area is 165 Å². The van der Waals surface area contributed by atoms with Crippen molar-refractivity contribution in [2.75, 3.05) is 31.7 Å². The molecule has 0 saturated carbocycles. The molecule has 2 aromatic carbocycles. The second-order valence-electron chi connectivity index (χ2n) is 5.75. The zero-order valence-electron chi connectivity index (χ0n) is 13.8. The van der Waals surface area contributed by atoms with Gasteiger partial charge in [0.1, 0.15) is 0 Å². The van der Waals surface area contributed by atoms with Gasteiger partial charge in [-0.05, 0) is 53.8 Å². The molecule has 0 fully saturated rings. The summed E-state index contributed by atoms with van der Waals surface area (Å²) in [6.07, 6.45) is 0. The molecule has 1 unspecified atom stereocenters. The number of nitrogens with zero attached hydrogens (tertiary/aromatic N) is 2. The lowest BCUT2D eigenvalue weighted by Crippen LogP contribution is -2.37. The van der Waals surface area contributed by atoms with E-state index in [-0.39, 0.29) is 6.04 Å². The molecule has 5 heteroatoms. The highest BCUT2D eigenvalue weighted by Crippen LogP contribution is 2.31. The molecule has 2 aromatic rings. The van der Waals surface area contributed by atoms with Crippen LogP contribution in [0, 0.1) is 3.57 Å². The average Bonchev–Trinajstić information content (AvgIpc) is 2.71. The second kappa shape index (κ2) is 7.97. The number of benzene rings is 2. The van der Waals surface area contributed by atoms with E-state index in [1.165, 1.54) is 14.8 Å². The first kappa shape index (κ1) is 17.9. The minimum Gasteiger partial charge on any atom is -0.380 e. The first-order valence-electron chi connectivity index (χ1n) is 8.01. The molecule has 1 aliphatic rings. The number of fused-ring (bicyclic) bond motifs is 1. The number of anilines is 1. The third-order valence-electron chi connectivity index (χ3n) is 4.24. The van der Waals surface area contributed by atoms with Gasteiger partial charge in [-0.25, -0.2) is 0 Å². The van der Waals surface area contributed by atoms with Crippen molar-refractivity contribution >= 4 is 49.9 Å². The first-order chi connectivity index (χ1) is 11.6. The molecule has 0 radical (unpaired) electrons. The number of ether oxygens (including phenoxy) is 1. The van der Waals surface area contributed by atoms with Crippen molar-refractivity contribution in [2.45, 2.75) is 13.0 Å². The fourth-order valence-electron chi connectivity index (χ4n) is 2.91. The number of hydrogen-bond donors (Lipinski definition) is 0. The van der Waals surface area contributed by atoms with E-state index in [9.17, 15) is 0 Å². The zero-order chi connectivity index (χ0) is 17.1. The van der Waals surface area contributed by atoms with Gasteiger partial charge in [0.05, 0.1) is 24.9 Å². The molecule has 0 bridgehead atoms. The quantitative estimate of drug-likeness (QED) is 0.568. The van der Waals surface area contributed by atoms with E-state index in [1.54, 1.807) is 0 Å². The third-order valence-corrected chi connectivity index (χ3v) is 5.68. The van der Waals surface area contributed by atoms with Crippen molar-refractivity contribution in [2.24, 2.45) is 4.99 Å². The predicted molar refractivity (Wildman–Crippen MR) is 112 cm³/mol. The molecule has 1 heterocycles. The Morgan fingerprint density at radius 1 is 1.25 bits per heavy atom. The Morgan fingerprint density at radius 2 is 2.04 bits per heavy atom. The molecule has 0 aliphatic carbocycles. The van der Waals surface area contributed by atoms with Crippen LogP contribution in [0.15, 0.2) is 51.9 Å². The fourth-order valence-corrected chi connectivity index (χ4v) is 3.91. The van der Waals surface area contributed by atoms with Gasteiger partial charge in [0.15, 0.2) is 0 Å². The van der Waals surface area contributed by atoms with Gasteiger partial charge in [-0.3, -0.25) is 4.99 Å². The second-order valence-corrected chi connectivity index (χ2v) is 7.83. The van der Waals surface area contributed by atoms with Crippen LogP contribution in [0.2, 0.25) is 0 Å². The molecular weight excluding hydrogens is 479 g/mol. The maximum absolute atomic E-state index is 5.68. The Hall–Kier alpha value is -0.920. The molecule has 1 atom stereocenters. The molecule has 126 valence electrons. The van der Waals surface area contributed by atoms with Gasteiger partial charge < -0.3 is 9.64 Å². The smallest absolute Gasteiger partial charge is 0.0751 e. The topological polar surface area (TPSA) is 24.8 Å². The molecule has 24 heavy (non-hydrogen) atoms. The van der Waals surface area contributed by atoms with E-state index >= 15 is 0 Å². The van der Waals surface area contributed by atoms with Crippen molar-refractivity contribution in [3.8, 4) is 0 Å². The molecule has 0 aromatic heterocycles. The van der Waals surface area contributed by atoms with Crippen molar-refractivity contribution in [1.82, 2.24) is 0 Å². The van der Waals surface area contributed by atoms with E-state index in [2.05, 4.69) is 92.9 Å². The van der Waals surface area contributed by atoms with Gasteiger partial charge >= 0.3 is 0 Å². The van der Waals surface area contributed by atoms with Crippen LogP contribution in [-0.2, 0) is 4.74 Å². The van der Waals surface area contributed by atoms with Crippen molar-refractivity contribution in [1.29, 1.82) is 0 Å². The van der Waals surface area contributed by atoms with Gasteiger partial charge in [-0.2, -0.15) is 0 Å². The van der Waals surface area contributed by atoms with E-state index in [1.807, 2.05) is 6.92 Å². The molecular formula is C19H20BrIN2O. The van der Waals surface area contributed by atoms with Gasteiger partial charge in [0, 0.05) is 38.5 Å². The van der Waals surface area contributed by atoms with Crippen LogP contribution in [0.1, 0.15) is 18.1 Å². The number of halogens is 2. The van der Waals surface area contributed by atoms with E-state index in [4.69, 9.17) is 9.73 Å².